The number of benzene rings is 2. The number of likely N-dealkylation sites (tertiary alicyclic amines) is 1. The van der Waals surface area contributed by atoms with Gasteiger partial charge in [-0.3, -0.25) is 9.59 Å². The van der Waals surface area contributed by atoms with Crippen LogP contribution in [0.2, 0.25) is 0 Å². The quantitative estimate of drug-likeness (QED) is 0.711. The highest BCUT2D eigenvalue weighted by atomic mass is 16.5. The summed E-state index contributed by atoms with van der Waals surface area (Å²) in [6.07, 6.45) is 3.61. The topological polar surface area (TPSA) is 59.1 Å². The van der Waals surface area contributed by atoms with Gasteiger partial charge in [0.25, 0.3) is 0 Å². The second-order valence-electron chi connectivity index (χ2n) is 8.38. The largest absolute Gasteiger partial charge is 0.493 e. The van der Waals surface area contributed by atoms with Crippen LogP contribution < -0.4 is 9.47 Å². The van der Waals surface area contributed by atoms with Gasteiger partial charge in [-0.05, 0) is 60.4 Å². The van der Waals surface area contributed by atoms with E-state index in [4.69, 9.17) is 9.47 Å². The number of nitrogens with zero attached hydrogens (tertiary/aromatic N) is 2. The lowest BCUT2D eigenvalue weighted by atomic mass is 9.90. The van der Waals surface area contributed by atoms with Crippen molar-refractivity contribution in [2.24, 2.45) is 5.92 Å². The number of hydrogen-bond acceptors (Lipinski definition) is 4. The standard InChI is InChI=1S/C25H30N2O4/c1-30-22-15-20-10-13-27(17-21(20)16-23(22)31-2)25(29)24(28)26-11-8-19(9-12-26)14-18-6-4-3-5-7-18/h3-7,15-16,19H,8-14,17H2,1-2H3. The highest BCUT2D eigenvalue weighted by Gasteiger charge is 2.32. The van der Waals surface area contributed by atoms with E-state index >= 15 is 0 Å². The molecule has 0 spiro atoms. The summed E-state index contributed by atoms with van der Waals surface area (Å²) in [5.41, 5.74) is 3.48. The van der Waals surface area contributed by atoms with Gasteiger partial charge >= 0.3 is 11.8 Å². The van der Waals surface area contributed by atoms with Crippen LogP contribution in [0.5, 0.6) is 11.5 Å². The van der Waals surface area contributed by atoms with Gasteiger partial charge in [-0.2, -0.15) is 0 Å². The third-order valence-electron chi connectivity index (χ3n) is 6.46. The second kappa shape index (κ2) is 9.41. The second-order valence-corrected chi connectivity index (χ2v) is 8.38. The normalized spacial score (nSPS) is 16.6. The van der Waals surface area contributed by atoms with Gasteiger partial charge in [-0.1, -0.05) is 30.3 Å². The van der Waals surface area contributed by atoms with E-state index in [1.54, 1.807) is 24.0 Å². The summed E-state index contributed by atoms with van der Waals surface area (Å²) in [6.45, 7) is 2.26. The van der Waals surface area contributed by atoms with Crippen molar-refractivity contribution in [3.63, 3.8) is 0 Å². The first kappa shape index (κ1) is 21.2. The zero-order valence-corrected chi connectivity index (χ0v) is 18.3. The Hall–Kier alpha value is -3.02. The first-order chi connectivity index (χ1) is 15.1. The van der Waals surface area contributed by atoms with Crippen LogP contribution in [-0.2, 0) is 29.0 Å². The predicted molar refractivity (Wildman–Crippen MR) is 118 cm³/mol. The number of rotatable bonds is 4. The minimum Gasteiger partial charge on any atom is -0.493 e. The first-order valence-corrected chi connectivity index (χ1v) is 10.9. The molecule has 2 aliphatic heterocycles. The summed E-state index contributed by atoms with van der Waals surface area (Å²) in [7, 11) is 3.21. The van der Waals surface area contributed by atoms with Crippen molar-refractivity contribution < 1.29 is 19.1 Å². The number of ether oxygens (including phenoxy) is 2. The lowest BCUT2D eigenvalue weighted by Gasteiger charge is -2.34. The molecule has 1 saturated heterocycles. The first-order valence-electron chi connectivity index (χ1n) is 10.9. The van der Waals surface area contributed by atoms with Gasteiger partial charge in [0.2, 0.25) is 0 Å². The Labute approximate surface area is 183 Å². The molecule has 0 atom stereocenters. The smallest absolute Gasteiger partial charge is 0.312 e. The Morgan fingerprint density at radius 2 is 1.48 bits per heavy atom. The van der Waals surface area contributed by atoms with Gasteiger partial charge in [0, 0.05) is 26.2 Å². The molecule has 1 fully saturated rings. The van der Waals surface area contributed by atoms with E-state index in [9.17, 15) is 9.59 Å². The fourth-order valence-electron chi connectivity index (χ4n) is 4.61. The lowest BCUT2D eigenvalue weighted by Crippen LogP contribution is -2.49. The van der Waals surface area contributed by atoms with Gasteiger partial charge in [0.1, 0.15) is 0 Å². The molecule has 0 N–H and O–H groups in total. The third kappa shape index (κ3) is 4.68. The number of carbonyl (C=O) groups excluding carboxylic acids is 2. The molecule has 31 heavy (non-hydrogen) atoms. The van der Waals surface area contributed by atoms with E-state index in [1.165, 1.54) is 5.56 Å². The van der Waals surface area contributed by atoms with E-state index in [0.29, 0.717) is 50.0 Å². The maximum atomic E-state index is 12.9. The minimum atomic E-state index is -0.401. The molecular formula is C25H30N2O4. The molecule has 2 aromatic carbocycles. The average molecular weight is 423 g/mol. The average Bonchev–Trinajstić information content (AvgIpc) is 2.83. The van der Waals surface area contributed by atoms with Crippen LogP contribution in [0.4, 0.5) is 0 Å². The molecule has 0 aromatic heterocycles. The molecule has 0 unspecified atom stereocenters. The molecule has 0 saturated carbocycles. The van der Waals surface area contributed by atoms with E-state index in [1.807, 2.05) is 18.2 Å². The fourth-order valence-corrected chi connectivity index (χ4v) is 4.61. The molecule has 2 aromatic rings. The number of piperidine rings is 1. The predicted octanol–water partition coefficient (Wildman–Crippen LogP) is 3.07. The lowest BCUT2D eigenvalue weighted by molar-refractivity contribution is -0.153. The van der Waals surface area contributed by atoms with Gasteiger partial charge in [-0.25, -0.2) is 0 Å². The van der Waals surface area contributed by atoms with E-state index in [-0.39, 0.29) is 5.91 Å². The summed E-state index contributed by atoms with van der Waals surface area (Å²) in [5.74, 6) is 1.12. The summed E-state index contributed by atoms with van der Waals surface area (Å²) < 4.78 is 10.8. The van der Waals surface area contributed by atoms with Crippen molar-refractivity contribution in [1.29, 1.82) is 0 Å². The number of fused-ring (bicyclic) bond motifs is 1. The van der Waals surface area contributed by atoms with Crippen LogP contribution >= 0.6 is 0 Å². The number of methoxy groups -OCH3 is 2. The molecule has 2 heterocycles. The van der Waals surface area contributed by atoms with Gasteiger partial charge in [-0.15, -0.1) is 0 Å². The third-order valence-corrected chi connectivity index (χ3v) is 6.46. The van der Waals surface area contributed by atoms with Crippen molar-refractivity contribution in [2.75, 3.05) is 33.9 Å². The molecule has 164 valence electrons. The summed E-state index contributed by atoms with van der Waals surface area (Å²) in [6, 6.07) is 14.3. The summed E-state index contributed by atoms with van der Waals surface area (Å²) in [4.78, 5) is 29.2. The molecule has 4 rings (SSSR count). The monoisotopic (exact) mass is 422 g/mol. The SMILES string of the molecule is COc1cc2c(cc1OC)CN(C(=O)C(=O)N1CCC(Cc3ccccc3)CC1)CC2. The Morgan fingerprint density at radius 3 is 2.13 bits per heavy atom. The van der Waals surface area contributed by atoms with Crippen LogP contribution in [0.15, 0.2) is 42.5 Å². The molecule has 6 heteroatoms. The molecule has 2 amide bonds. The molecule has 0 radical (unpaired) electrons. The van der Waals surface area contributed by atoms with Crippen molar-refractivity contribution in [3.05, 3.63) is 59.2 Å². The Bertz CT molecular complexity index is 936. The Kier molecular flexibility index (Phi) is 6.44. The Balaban J connectivity index is 1.34. The number of amides is 2. The van der Waals surface area contributed by atoms with Gasteiger partial charge < -0.3 is 19.3 Å². The zero-order valence-electron chi connectivity index (χ0n) is 18.3. The fraction of sp³-hybridized carbons (Fsp3) is 0.440. The highest BCUT2D eigenvalue weighted by molar-refractivity contribution is 6.34. The molecule has 0 aliphatic carbocycles. The molecule has 6 nitrogen and oxygen atoms in total. The zero-order chi connectivity index (χ0) is 21.8. The highest BCUT2D eigenvalue weighted by Crippen LogP contribution is 2.33. The van der Waals surface area contributed by atoms with Crippen LogP contribution in [0.1, 0.15) is 29.5 Å². The van der Waals surface area contributed by atoms with Crippen LogP contribution in [0.3, 0.4) is 0 Å². The van der Waals surface area contributed by atoms with E-state index < -0.39 is 5.91 Å². The number of carbonyl (C=O) groups is 2. The molecular weight excluding hydrogens is 392 g/mol. The maximum Gasteiger partial charge on any atom is 0.312 e. The number of hydrogen-bond donors (Lipinski definition) is 0. The van der Waals surface area contributed by atoms with Crippen molar-refractivity contribution in [3.8, 4) is 11.5 Å². The molecule has 0 bridgehead atoms. The summed E-state index contributed by atoms with van der Waals surface area (Å²) in [5, 5.41) is 0. The van der Waals surface area contributed by atoms with Gasteiger partial charge in [0.15, 0.2) is 11.5 Å². The summed E-state index contributed by atoms with van der Waals surface area (Å²) >= 11 is 0. The van der Waals surface area contributed by atoms with Crippen molar-refractivity contribution in [1.82, 2.24) is 9.80 Å². The van der Waals surface area contributed by atoms with Crippen LogP contribution in [0, 0.1) is 5.92 Å². The maximum absolute atomic E-state index is 12.9. The van der Waals surface area contributed by atoms with Gasteiger partial charge in [0.05, 0.1) is 14.2 Å². The Morgan fingerprint density at radius 1 is 0.871 bits per heavy atom. The van der Waals surface area contributed by atoms with Crippen molar-refractivity contribution in [2.45, 2.75) is 32.2 Å². The molecule has 2 aliphatic rings. The van der Waals surface area contributed by atoms with Crippen molar-refractivity contribution >= 4 is 11.8 Å². The van der Waals surface area contributed by atoms with E-state index in [0.717, 1.165) is 30.4 Å². The van der Waals surface area contributed by atoms with Crippen LogP contribution in [0.25, 0.3) is 0 Å². The van der Waals surface area contributed by atoms with E-state index in [2.05, 4.69) is 24.3 Å². The van der Waals surface area contributed by atoms with Crippen LogP contribution in [-0.4, -0.2) is 55.5 Å². The minimum absolute atomic E-state index is 0.373.